The Kier molecular flexibility index (Phi) is 8.61. The van der Waals surface area contributed by atoms with Crippen LogP contribution in [0.3, 0.4) is 0 Å². The van der Waals surface area contributed by atoms with E-state index in [2.05, 4.69) is 5.32 Å². The quantitative estimate of drug-likeness (QED) is 0.222. The van der Waals surface area contributed by atoms with E-state index in [1.807, 2.05) is 85.8 Å². The van der Waals surface area contributed by atoms with Crippen LogP contribution in [-0.4, -0.2) is 23.3 Å². The SMILES string of the molecule is Cc1ccc(CN(C(=O)c2ccc([N+](=O)[O-])cc2)c2cccc(CC(=O)NCCc3ccccc3)c2)cc1. The number of nitrogens with one attached hydrogen (secondary N) is 1. The van der Waals surface area contributed by atoms with Crippen molar-refractivity contribution in [2.75, 3.05) is 11.4 Å². The van der Waals surface area contributed by atoms with Crippen molar-refractivity contribution in [1.82, 2.24) is 5.32 Å². The molecule has 7 heteroatoms. The number of benzene rings is 4. The Labute approximate surface area is 221 Å². The first-order valence-electron chi connectivity index (χ1n) is 12.4. The molecule has 4 rings (SSSR count). The van der Waals surface area contributed by atoms with E-state index in [1.54, 1.807) is 4.90 Å². The van der Waals surface area contributed by atoms with Crippen molar-refractivity contribution in [2.24, 2.45) is 0 Å². The lowest BCUT2D eigenvalue weighted by Gasteiger charge is -2.24. The Morgan fingerprint density at radius 1 is 0.816 bits per heavy atom. The van der Waals surface area contributed by atoms with Crippen LogP contribution in [0.2, 0.25) is 0 Å². The van der Waals surface area contributed by atoms with Gasteiger partial charge in [-0.3, -0.25) is 19.7 Å². The maximum absolute atomic E-state index is 13.6. The third-order valence-electron chi connectivity index (χ3n) is 6.20. The second-order valence-corrected chi connectivity index (χ2v) is 9.11. The molecule has 38 heavy (non-hydrogen) atoms. The van der Waals surface area contributed by atoms with Crippen molar-refractivity contribution < 1.29 is 14.5 Å². The van der Waals surface area contributed by atoms with Crippen molar-refractivity contribution in [2.45, 2.75) is 26.3 Å². The average Bonchev–Trinajstić information content (AvgIpc) is 2.93. The number of non-ortho nitro benzene ring substituents is 1. The van der Waals surface area contributed by atoms with Gasteiger partial charge in [0, 0.05) is 29.9 Å². The van der Waals surface area contributed by atoms with Gasteiger partial charge in [-0.15, -0.1) is 0 Å². The van der Waals surface area contributed by atoms with Gasteiger partial charge in [-0.1, -0.05) is 72.3 Å². The van der Waals surface area contributed by atoms with Crippen LogP contribution in [0.25, 0.3) is 0 Å². The average molecular weight is 508 g/mol. The summed E-state index contributed by atoms with van der Waals surface area (Å²) in [6, 6.07) is 30.8. The van der Waals surface area contributed by atoms with Crippen LogP contribution < -0.4 is 10.2 Å². The normalized spacial score (nSPS) is 10.6. The maximum atomic E-state index is 13.6. The Balaban J connectivity index is 1.51. The highest BCUT2D eigenvalue weighted by Gasteiger charge is 2.20. The molecule has 7 nitrogen and oxygen atoms in total. The molecule has 1 N–H and O–H groups in total. The van der Waals surface area contributed by atoms with Gasteiger partial charge in [0.05, 0.1) is 17.9 Å². The molecule has 0 aliphatic carbocycles. The van der Waals surface area contributed by atoms with Crippen LogP contribution in [0.1, 0.15) is 32.6 Å². The van der Waals surface area contributed by atoms with Crippen LogP contribution >= 0.6 is 0 Å². The zero-order valence-electron chi connectivity index (χ0n) is 21.2. The molecular formula is C31H29N3O4. The zero-order chi connectivity index (χ0) is 26.9. The largest absolute Gasteiger partial charge is 0.355 e. The Bertz CT molecular complexity index is 1400. The highest BCUT2D eigenvalue weighted by atomic mass is 16.6. The molecular weight excluding hydrogens is 478 g/mol. The fourth-order valence-corrected chi connectivity index (χ4v) is 4.11. The standard InChI is InChI=1S/C31H29N3O4/c1-23-10-12-25(13-11-23)22-33(31(36)27-14-16-28(17-15-27)34(37)38)29-9-5-8-26(20-29)21-30(35)32-19-18-24-6-3-2-4-7-24/h2-17,20H,18-19,21-22H2,1H3,(H,32,35). The number of hydrogen-bond acceptors (Lipinski definition) is 4. The molecule has 0 fully saturated rings. The van der Waals surface area contributed by atoms with E-state index in [4.69, 9.17) is 0 Å². The van der Waals surface area contributed by atoms with Crippen molar-refractivity contribution in [3.05, 3.63) is 141 Å². The molecule has 0 saturated heterocycles. The molecule has 4 aromatic rings. The van der Waals surface area contributed by atoms with E-state index in [0.717, 1.165) is 28.7 Å². The Morgan fingerprint density at radius 3 is 2.18 bits per heavy atom. The van der Waals surface area contributed by atoms with Gasteiger partial charge in [0.1, 0.15) is 0 Å². The molecule has 0 bridgehead atoms. The topological polar surface area (TPSA) is 92.6 Å². The number of carbonyl (C=O) groups is 2. The van der Waals surface area contributed by atoms with Gasteiger partial charge >= 0.3 is 0 Å². The summed E-state index contributed by atoms with van der Waals surface area (Å²) in [5.41, 5.74) is 4.90. The van der Waals surface area contributed by atoms with Crippen LogP contribution in [0.15, 0.2) is 103 Å². The summed E-state index contributed by atoms with van der Waals surface area (Å²) >= 11 is 0. The lowest BCUT2D eigenvalue weighted by atomic mass is 10.1. The minimum atomic E-state index is -0.493. The minimum Gasteiger partial charge on any atom is -0.355 e. The van der Waals surface area contributed by atoms with Crippen molar-refractivity contribution in [1.29, 1.82) is 0 Å². The third kappa shape index (κ3) is 7.13. The molecule has 0 atom stereocenters. The first-order chi connectivity index (χ1) is 18.4. The van der Waals surface area contributed by atoms with E-state index >= 15 is 0 Å². The number of nitro benzene ring substituents is 1. The summed E-state index contributed by atoms with van der Waals surface area (Å²) in [4.78, 5) is 38.4. The predicted molar refractivity (Wildman–Crippen MR) is 148 cm³/mol. The molecule has 0 radical (unpaired) electrons. The highest BCUT2D eigenvalue weighted by Crippen LogP contribution is 2.23. The van der Waals surface area contributed by atoms with Crippen molar-refractivity contribution in [3.63, 3.8) is 0 Å². The zero-order valence-corrected chi connectivity index (χ0v) is 21.2. The number of hydrogen-bond donors (Lipinski definition) is 1. The van der Waals surface area contributed by atoms with Crippen molar-refractivity contribution >= 4 is 23.2 Å². The molecule has 2 amide bonds. The van der Waals surface area contributed by atoms with Gasteiger partial charge in [0.15, 0.2) is 0 Å². The Hall–Kier alpha value is -4.78. The second kappa shape index (κ2) is 12.5. The fourth-order valence-electron chi connectivity index (χ4n) is 4.11. The fraction of sp³-hybridized carbons (Fsp3) is 0.161. The molecule has 0 aromatic heterocycles. The van der Waals surface area contributed by atoms with E-state index in [9.17, 15) is 19.7 Å². The molecule has 0 unspecified atom stereocenters. The highest BCUT2D eigenvalue weighted by molar-refractivity contribution is 6.06. The predicted octanol–water partition coefficient (Wildman–Crippen LogP) is 5.65. The molecule has 192 valence electrons. The van der Waals surface area contributed by atoms with Gasteiger partial charge in [-0.2, -0.15) is 0 Å². The van der Waals surface area contributed by atoms with Gasteiger partial charge in [-0.05, 0) is 54.3 Å². The number of aryl methyl sites for hydroxylation is 1. The number of amides is 2. The number of nitrogens with zero attached hydrogens (tertiary/aromatic N) is 2. The van der Waals surface area contributed by atoms with Crippen LogP contribution in [0, 0.1) is 17.0 Å². The molecule has 0 aliphatic rings. The lowest BCUT2D eigenvalue weighted by molar-refractivity contribution is -0.384. The Morgan fingerprint density at radius 2 is 1.50 bits per heavy atom. The van der Waals surface area contributed by atoms with Crippen LogP contribution in [-0.2, 0) is 24.2 Å². The molecule has 0 aliphatic heterocycles. The smallest absolute Gasteiger partial charge is 0.269 e. The van der Waals surface area contributed by atoms with E-state index in [0.29, 0.717) is 24.3 Å². The third-order valence-corrected chi connectivity index (χ3v) is 6.20. The van der Waals surface area contributed by atoms with Gasteiger partial charge in [0.25, 0.3) is 11.6 Å². The molecule has 0 saturated carbocycles. The van der Waals surface area contributed by atoms with Crippen LogP contribution in [0.5, 0.6) is 0 Å². The summed E-state index contributed by atoms with van der Waals surface area (Å²) in [7, 11) is 0. The molecule has 0 heterocycles. The van der Waals surface area contributed by atoms with Gasteiger partial charge in [-0.25, -0.2) is 0 Å². The van der Waals surface area contributed by atoms with Gasteiger partial charge in [0.2, 0.25) is 5.91 Å². The minimum absolute atomic E-state index is 0.0769. The summed E-state index contributed by atoms with van der Waals surface area (Å²) in [5.74, 6) is -0.380. The van der Waals surface area contributed by atoms with Gasteiger partial charge < -0.3 is 10.2 Å². The maximum Gasteiger partial charge on any atom is 0.269 e. The lowest BCUT2D eigenvalue weighted by Crippen LogP contribution is -2.31. The summed E-state index contributed by atoms with van der Waals surface area (Å²) in [6.45, 7) is 2.85. The van der Waals surface area contributed by atoms with E-state index < -0.39 is 4.92 Å². The van der Waals surface area contributed by atoms with E-state index in [-0.39, 0.29) is 23.9 Å². The summed E-state index contributed by atoms with van der Waals surface area (Å²) < 4.78 is 0. The number of nitro groups is 1. The van der Waals surface area contributed by atoms with Crippen LogP contribution in [0.4, 0.5) is 11.4 Å². The number of anilines is 1. The molecule has 4 aromatic carbocycles. The number of rotatable bonds is 10. The second-order valence-electron chi connectivity index (χ2n) is 9.11. The van der Waals surface area contributed by atoms with Crippen molar-refractivity contribution in [3.8, 4) is 0 Å². The van der Waals surface area contributed by atoms with E-state index in [1.165, 1.54) is 24.3 Å². The molecule has 0 spiro atoms. The first kappa shape index (κ1) is 26.3. The summed E-state index contributed by atoms with van der Waals surface area (Å²) in [5, 5.41) is 14.0. The number of carbonyl (C=O) groups excluding carboxylic acids is 2. The monoisotopic (exact) mass is 507 g/mol. The summed E-state index contributed by atoms with van der Waals surface area (Å²) in [6.07, 6.45) is 0.938. The first-order valence-corrected chi connectivity index (χ1v) is 12.4.